The molecule has 4 aromatic rings. The summed E-state index contributed by atoms with van der Waals surface area (Å²) in [6.45, 7) is 0.0441. The smallest absolute Gasteiger partial charge is 0.416 e. The van der Waals surface area contributed by atoms with Gasteiger partial charge in [-0.3, -0.25) is 4.79 Å². The molecule has 0 fully saturated rings. The lowest BCUT2D eigenvalue weighted by molar-refractivity contribution is -0.137. The van der Waals surface area contributed by atoms with E-state index in [2.05, 4.69) is 35.8 Å². The van der Waals surface area contributed by atoms with Crippen molar-refractivity contribution >= 4 is 17.9 Å². The van der Waals surface area contributed by atoms with Crippen molar-refractivity contribution in [2.24, 2.45) is 5.10 Å². The van der Waals surface area contributed by atoms with Crippen molar-refractivity contribution in [2.45, 2.75) is 6.18 Å². The van der Waals surface area contributed by atoms with Gasteiger partial charge in [-0.05, 0) is 46.2 Å². The van der Waals surface area contributed by atoms with E-state index in [-0.39, 0.29) is 29.8 Å². The first kappa shape index (κ1) is 21.9. The molecule has 2 aromatic heterocycles. The van der Waals surface area contributed by atoms with E-state index in [4.69, 9.17) is 15.2 Å². The molecular formula is C20H13F3N8O4. The Morgan fingerprint density at radius 3 is 2.60 bits per heavy atom. The van der Waals surface area contributed by atoms with Gasteiger partial charge in [-0.2, -0.15) is 23.0 Å². The fourth-order valence-corrected chi connectivity index (χ4v) is 3.20. The first-order valence-electron chi connectivity index (χ1n) is 9.76. The molecule has 35 heavy (non-hydrogen) atoms. The van der Waals surface area contributed by atoms with Gasteiger partial charge in [-0.15, -0.1) is 5.10 Å². The molecule has 0 radical (unpaired) electrons. The number of hydrogen-bond acceptors (Lipinski definition) is 10. The van der Waals surface area contributed by atoms with Crippen LogP contribution in [0.2, 0.25) is 0 Å². The second-order valence-corrected chi connectivity index (χ2v) is 7.06. The highest BCUT2D eigenvalue weighted by atomic mass is 19.4. The SMILES string of the molecule is Nc1nonc1-n1nnc(C(=O)NN=Cc2ccc(C(F)(F)F)cc2)c1-c1ccc2c(c1)OCO2. The van der Waals surface area contributed by atoms with Gasteiger partial charge in [0.25, 0.3) is 5.91 Å². The Labute approximate surface area is 193 Å². The molecule has 0 atom stereocenters. The Hall–Kier alpha value is -4.95. The zero-order valence-corrected chi connectivity index (χ0v) is 17.4. The van der Waals surface area contributed by atoms with Gasteiger partial charge in [-0.1, -0.05) is 17.3 Å². The molecule has 3 N–H and O–H groups in total. The van der Waals surface area contributed by atoms with Crippen molar-refractivity contribution in [1.29, 1.82) is 0 Å². The topological polar surface area (TPSA) is 156 Å². The summed E-state index contributed by atoms with van der Waals surface area (Å²) in [5, 5.41) is 18.9. The molecule has 1 amide bonds. The van der Waals surface area contributed by atoms with Gasteiger partial charge in [0.15, 0.2) is 17.2 Å². The molecule has 12 nitrogen and oxygen atoms in total. The summed E-state index contributed by atoms with van der Waals surface area (Å²) in [6.07, 6.45) is -3.27. The number of hydrogen-bond donors (Lipinski definition) is 2. The molecule has 0 saturated heterocycles. The maximum Gasteiger partial charge on any atom is 0.416 e. The van der Waals surface area contributed by atoms with E-state index in [0.29, 0.717) is 22.6 Å². The molecule has 0 bridgehead atoms. The quantitative estimate of drug-likeness (QED) is 0.319. The van der Waals surface area contributed by atoms with Crippen molar-refractivity contribution in [3.05, 3.63) is 59.3 Å². The van der Waals surface area contributed by atoms with Crippen LogP contribution >= 0.6 is 0 Å². The Morgan fingerprint density at radius 1 is 1.11 bits per heavy atom. The maximum atomic E-state index is 12.9. The van der Waals surface area contributed by atoms with E-state index in [1.54, 1.807) is 18.2 Å². The number of amides is 1. The fourth-order valence-electron chi connectivity index (χ4n) is 3.20. The first-order valence-corrected chi connectivity index (χ1v) is 9.76. The van der Waals surface area contributed by atoms with E-state index < -0.39 is 17.6 Å². The summed E-state index contributed by atoms with van der Waals surface area (Å²) in [4.78, 5) is 12.9. The highest BCUT2D eigenvalue weighted by Crippen LogP contribution is 2.37. The van der Waals surface area contributed by atoms with E-state index in [0.717, 1.165) is 16.8 Å². The van der Waals surface area contributed by atoms with Crippen LogP contribution in [0.5, 0.6) is 11.5 Å². The second-order valence-electron chi connectivity index (χ2n) is 7.06. The van der Waals surface area contributed by atoms with Crippen LogP contribution in [-0.4, -0.2) is 44.2 Å². The number of aromatic nitrogens is 5. The highest BCUT2D eigenvalue weighted by molar-refractivity contribution is 5.99. The molecule has 0 unspecified atom stereocenters. The van der Waals surface area contributed by atoms with Crippen LogP contribution in [0.4, 0.5) is 19.0 Å². The molecule has 178 valence electrons. The highest BCUT2D eigenvalue weighted by Gasteiger charge is 2.30. The Bertz CT molecular complexity index is 1430. The first-order chi connectivity index (χ1) is 16.8. The van der Waals surface area contributed by atoms with E-state index in [9.17, 15) is 18.0 Å². The van der Waals surface area contributed by atoms with Crippen molar-refractivity contribution in [3.63, 3.8) is 0 Å². The van der Waals surface area contributed by atoms with Gasteiger partial charge < -0.3 is 15.2 Å². The standard InChI is InChI=1S/C20H13F3N8O4/c21-20(22,23)12-4-1-10(2-5-12)8-25-27-19(32)15-16(11-3-6-13-14(7-11)34-9-33-13)31(30-26-15)18-17(24)28-35-29-18/h1-8H,9H2,(H2,24,28)(H,27,32). The number of nitrogens with one attached hydrogen (secondary N) is 1. The zero-order chi connectivity index (χ0) is 24.6. The lowest BCUT2D eigenvalue weighted by Gasteiger charge is -2.07. The number of fused-ring (bicyclic) bond motifs is 1. The van der Waals surface area contributed by atoms with Crippen LogP contribution in [0.15, 0.2) is 52.2 Å². The molecular weight excluding hydrogens is 473 g/mol. The number of alkyl halides is 3. The average molecular weight is 486 g/mol. The molecule has 0 aliphatic carbocycles. The lowest BCUT2D eigenvalue weighted by atomic mass is 10.1. The number of ether oxygens (including phenoxy) is 2. The van der Waals surface area contributed by atoms with Crippen LogP contribution in [-0.2, 0) is 6.18 Å². The van der Waals surface area contributed by atoms with Crippen molar-refractivity contribution in [1.82, 2.24) is 30.7 Å². The Balaban J connectivity index is 1.44. The van der Waals surface area contributed by atoms with Crippen molar-refractivity contribution < 1.29 is 32.1 Å². The van der Waals surface area contributed by atoms with Crippen LogP contribution in [0.3, 0.4) is 0 Å². The van der Waals surface area contributed by atoms with Crippen LogP contribution in [0, 0.1) is 0 Å². The number of halogens is 3. The molecule has 2 aromatic carbocycles. The monoisotopic (exact) mass is 486 g/mol. The summed E-state index contributed by atoms with van der Waals surface area (Å²) in [5.74, 6) is 0.0967. The molecule has 3 heterocycles. The molecule has 1 aliphatic heterocycles. The Kier molecular flexibility index (Phi) is 5.27. The van der Waals surface area contributed by atoms with Crippen LogP contribution in [0.25, 0.3) is 17.1 Å². The van der Waals surface area contributed by atoms with Gasteiger partial charge in [0.1, 0.15) is 5.69 Å². The molecule has 0 spiro atoms. The number of anilines is 1. The van der Waals surface area contributed by atoms with Crippen molar-refractivity contribution in [3.8, 4) is 28.6 Å². The average Bonchev–Trinajstić information content (AvgIpc) is 3.57. The van der Waals surface area contributed by atoms with Gasteiger partial charge in [-0.25, -0.2) is 10.1 Å². The second kappa shape index (κ2) is 8.44. The minimum Gasteiger partial charge on any atom is -0.454 e. The third-order valence-electron chi connectivity index (χ3n) is 4.85. The van der Waals surface area contributed by atoms with Gasteiger partial charge in [0.05, 0.1) is 11.8 Å². The van der Waals surface area contributed by atoms with Crippen molar-refractivity contribution in [2.75, 3.05) is 12.5 Å². The van der Waals surface area contributed by atoms with Crippen LogP contribution in [0.1, 0.15) is 21.6 Å². The molecule has 1 aliphatic rings. The largest absolute Gasteiger partial charge is 0.454 e. The minimum absolute atomic E-state index is 0.00234. The number of carbonyl (C=O) groups excluding carboxylic acids is 1. The molecule has 0 saturated carbocycles. The number of rotatable bonds is 5. The summed E-state index contributed by atoms with van der Waals surface area (Å²) >= 11 is 0. The summed E-state index contributed by atoms with van der Waals surface area (Å²) in [6, 6.07) is 9.15. The number of hydrazone groups is 1. The zero-order valence-electron chi connectivity index (χ0n) is 17.4. The number of carbonyl (C=O) groups is 1. The summed E-state index contributed by atoms with van der Waals surface area (Å²) in [7, 11) is 0. The third kappa shape index (κ3) is 4.21. The number of benzene rings is 2. The normalized spacial score (nSPS) is 12.9. The minimum atomic E-state index is -4.45. The predicted molar refractivity (Wildman–Crippen MR) is 112 cm³/mol. The van der Waals surface area contributed by atoms with Gasteiger partial charge in [0.2, 0.25) is 18.4 Å². The number of nitrogens with two attached hydrogens (primary N) is 1. The Morgan fingerprint density at radius 2 is 1.89 bits per heavy atom. The fraction of sp³-hybridized carbons (Fsp3) is 0.100. The maximum absolute atomic E-state index is 12.9. The summed E-state index contributed by atoms with van der Waals surface area (Å²) < 4.78 is 54.6. The van der Waals surface area contributed by atoms with Gasteiger partial charge in [0, 0.05) is 5.56 Å². The van der Waals surface area contributed by atoms with Gasteiger partial charge >= 0.3 is 6.18 Å². The predicted octanol–water partition coefficient (Wildman–Crippen LogP) is 2.41. The van der Waals surface area contributed by atoms with E-state index in [1.165, 1.54) is 18.3 Å². The molecule has 5 rings (SSSR count). The summed E-state index contributed by atoms with van der Waals surface area (Å²) in [5.41, 5.74) is 8.06. The number of nitrogens with zero attached hydrogens (tertiary/aromatic N) is 6. The van der Waals surface area contributed by atoms with E-state index in [1.807, 2.05) is 0 Å². The van der Waals surface area contributed by atoms with E-state index >= 15 is 0 Å². The van der Waals surface area contributed by atoms with Crippen LogP contribution < -0.4 is 20.6 Å². The third-order valence-corrected chi connectivity index (χ3v) is 4.85. The molecule has 15 heteroatoms. The lowest BCUT2D eigenvalue weighted by Crippen LogP contribution is -2.19. The number of nitrogen functional groups attached to an aromatic ring is 1.